The Hall–Kier alpha value is -5.07. The minimum atomic E-state index is -2.70. The van der Waals surface area contributed by atoms with Crippen LogP contribution in [-0.4, -0.2) is 57.5 Å². The van der Waals surface area contributed by atoms with Gasteiger partial charge in [0.1, 0.15) is 17.4 Å². The van der Waals surface area contributed by atoms with Crippen LogP contribution in [0.15, 0.2) is 59.5 Å². The molecular formula is C34H29NO11. The molecule has 236 valence electrons. The van der Waals surface area contributed by atoms with Crippen LogP contribution in [0.5, 0.6) is 17.2 Å². The molecule has 0 radical (unpaired) electrons. The number of fused-ring (bicyclic) bond motifs is 6. The van der Waals surface area contributed by atoms with Crippen molar-refractivity contribution in [3.8, 4) is 17.2 Å². The van der Waals surface area contributed by atoms with E-state index in [1.807, 2.05) is 13.0 Å². The van der Waals surface area contributed by atoms with Gasteiger partial charge in [0.2, 0.25) is 5.78 Å². The van der Waals surface area contributed by atoms with Crippen LogP contribution in [-0.2, 0) is 19.9 Å². The first kappa shape index (κ1) is 29.6. The Balaban J connectivity index is 1.33. The van der Waals surface area contributed by atoms with Gasteiger partial charge in [-0.25, -0.2) is 4.79 Å². The van der Waals surface area contributed by atoms with E-state index in [0.717, 1.165) is 0 Å². The number of ether oxygens (including phenoxy) is 4. The van der Waals surface area contributed by atoms with Gasteiger partial charge in [0.25, 0.3) is 5.56 Å². The predicted molar refractivity (Wildman–Crippen MR) is 159 cm³/mol. The first-order chi connectivity index (χ1) is 22.1. The van der Waals surface area contributed by atoms with Gasteiger partial charge in [0.15, 0.2) is 41.6 Å². The largest absolute Gasteiger partial charge is 0.507 e. The summed E-state index contributed by atoms with van der Waals surface area (Å²) in [6.07, 6.45) is 10.2. The molecule has 0 bridgehead atoms. The fourth-order valence-corrected chi connectivity index (χ4v) is 7.16. The van der Waals surface area contributed by atoms with Gasteiger partial charge in [-0.1, -0.05) is 36.5 Å². The van der Waals surface area contributed by atoms with Gasteiger partial charge in [0.05, 0.1) is 23.5 Å². The maximum atomic E-state index is 14.1. The molecule has 2 aliphatic heterocycles. The maximum absolute atomic E-state index is 14.1. The number of carbonyl (C=O) groups excluding carboxylic acids is 4. The van der Waals surface area contributed by atoms with Crippen LogP contribution in [0.2, 0.25) is 0 Å². The van der Waals surface area contributed by atoms with Crippen LogP contribution in [0.3, 0.4) is 0 Å². The molecule has 0 saturated carbocycles. The second-order valence-electron chi connectivity index (χ2n) is 11.8. The molecule has 6 atom stereocenters. The predicted octanol–water partition coefficient (Wildman–Crippen LogP) is 3.20. The number of hydrogen-bond donors (Lipinski definition) is 3. The highest BCUT2D eigenvalue weighted by molar-refractivity contribution is 6.20. The molecule has 2 aromatic rings. The van der Waals surface area contributed by atoms with Crippen LogP contribution in [0, 0.1) is 18.8 Å². The summed E-state index contributed by atoms with van der Waals surface area (Å²) in [5.41, 5.74) is -4.60. The third-order valence-electron chi connectivity index (χ3n) is 9.16. The molecule has 3 N–H and O–H groups in total. The second-order valence-corrected chi connectivity index (χ2v) is 11.8. The summed E-state index contributed by atoms with van der Waals surface area (Å²) in [6, 6.07) is 1.38. The number of pyridine rings is 1. The minimum absolute atomic E-state index is 0.0383. The monoisotopic (exact) mass is 627 g/mol. The lowest BCUT2D eigenvalue weighted by molar-refractivity contribution is -0.146. The summed E-state index contributed by atoms with van der Waals surface area (Å²) < 4.78 is 23.5. The Morgan fingerprint density at radius 1 is 1.09 bits per heavy atom. The number of aromatic amines is 1. The zero-order chi connectivity index (χ0) is 32.5. The zero-order valence-electron chi connectivity index (χ0n) is 24.8. The van der Waals surface area contributed by atoms with E-state index >= 15 is 0 Å². The number of esters is 1. The van der Waals surface area contributed by atoms with Crippen molar-refractivity contribution in [2.45, 2.75) is 50.6 Å². The number of ketones is 3. The molecule has 0 saturated heterocycles. The first-order valence-corrected chi connectivity index (χ1v) is 14.8. The molecule has 3 heterocycles. The normalized spacial score (nSPS) is 29.1. The van der Waals surface area contributed by atoms with E-state index in [9.17, 15) is 34.2 Å². The van der Waals surface area contributed by atoms with E-state index in [1.54, 1.807) is 37.3 Å². The highest BCUT2D eigenvalue weighted by Gasteiger charge is 2.63. The average molecular weight is 628 g/mol. The number of phenols is 1. The molecule has 3 aliphatic carbocycles. The molecule has 0 spiro atoms. The fourth-order valence-electron chi connectivity index (χ4n) is 7.16. The summed E-state index contributed by atoms with van der Waals surface area (Å²) in [6.45, 7) is 3.11. The molecule has 12 nitrogen and oxygen atoms in total. The number of Topliss-reactive ketones (excluding diaryl/α,β-unsaturated/α-hetero) is 3. The number of rotatable bonds is 4. The quantitative estimate of drug-likeness (QED) is 0.196. The van der Waals surface area contributed by atoms with Crippen LogP contribution in [0.1, 0.15) is 73.8 Å². The van der Waals surface area contributed by atoms with Crippen LogP contribution < -0.4 is 15.0 Å². The van der Waals surface area contributed by atoms with Crippen molar-refractivity contribution in [2.75, 3.05) is 6.79 Å². The van der Waals surface area contributed by atoms with E-state index in [1.165, 1.54) is 18.2 Å². The SMILES string of the molecule is C/C=C/C=C/C=C/C(=O)O[C@@H]1C=CC[C@H]2C(=O)c3c(O)c4c5c(c3OC12)OCO[C@@H]5C[C@@H]1C(=O)c2cc(C)[nH]c(=O)c2C(=O)[C@]41O. The number of H-pyrrole nitrogens is 1. The Bertz CT molecular complexity index is 1910. The molecule has 7 rings (SSSR count). The topological polar surface area (TPSA) is 179 Å². The van der Waals surface area contributed by atoms with Gasteiger partial charge in [0, 0.05) is 28.5 Å². The van der Waals surface area contributed by atoms with E-state index in [4.69, 9.17) is 18.9 Å². The number of hydrogen-bond acceptors (Lipinski definition) is 11. The number of aliphatic hydroxyl groups is 1. The van der Waals surface area contributed by atoms with Crippen molar-refractivity contribution in [1.82, 2.24) is 4.98 Å². The second kappa shape index (κ2) is 10.8. The standard InChI is InChI=1S/C34H29NO11/c1-3-4-5-6-7-11-21(36)45-19-10-8-9-16-27(38)24-28(39)25-23-20(43-14-44-30(23)31(24)46-29(16)19)13-18-26(37)17-12-15(2)35-33(41)22(17)32(40)34(18,25)42/h3-8,10-12,16,18-20,29,39,42H,9,13-14H2,1-2H3,(H,35,41)/b4-3+,6-5+,11-7+/t16-,18+,19+,20+,29?,34+/m0/s1. The number of allylic oxidation sites excluding steroid dienone is 6. The van der Waals surface area contributed by atoms with Gasteiger partial charge in [-0.3, -0.25) is 19.2 Å². The van der Waals surface area contributed by atoms with Gasteiger partial charge in [-0.2, -0.15) is 0 Å². The van der Waals surface area contributed by atoms with Crippen molar-refractivity contribution in [2.24, 2.45) is 11.8 Å². The number of phenolic OH excluding ortho intramolecular Hbond substituents is 1. The Kier molecular flexibility index (Phi) is 6.94. The number of benzene rings is 1. The number of aromatic nitrogens is 1. The van der Waals surface area contributed by atoms with E-state index in [-0.39, 0.29) is 47.8 Å². The lowest BCUT2D eigenvalue weighted by Crippen LogP contribution is -2.56. The van der Waals surface area contributed by atoms with Crippen molar-refractivity contribution >= 4 is 23.3 Å². The van der Waals surface area contributed by atoms with Crippen LogP contribution in [0.4, 0.5) is 0 Å². The Labute approximate surface area is 261 Å². The zero-order valence-corrected chi connectivity index (χ0v) is 24.8. The molecular weight excluding hydrogens is 598 g/mol. The van der Waals surface area contributed by atoms with Crippen molar-refractivity contribution in [3.63, 3.8) is 0 Å². The van der Waals surface area contributed by atoms with Gasteiger partial charge < -0.3 is 34.1 Å². The van der Waals surface area contributed by atoms with Crippen LogP contribution in [0.25, 0.3) is 0 Å². The number of nitrogens with one attached hydrogen (secondary N) is 1. The van der Waals surface area contributed by atoms with Gasteiger partial charge in [-0.15, -0.1) is 0 Å². The van der Waals surface area contributed by atoms with Crippen LogP contribution >= 0.6 is 0 Å². The summed E-state index contributed by atoms with van der Waals surface area (Å²) in [5, 5.41) is 24.0. The summed E-state index contributed by atoms with van der Waals surface area (Å²) in [7, 11) is 0. The van der Waals surface area contributed by atoms with Gasteiger partial charge in [-0.05, 0) is 38.8 Å². The molecule has 5 aliphatic rings. The number of carbonyl (C=O) groups is 4. The lowest BCUT2D eigenvalue weighted by Gasteiger charge is -2.48. The Morgan fingerprint density at radius 2 is 1.87 bits per heavy atom. The first-order valence-electron chi connectivity index (χ1n) is 14.8. The molecule has 1 aromatic heterocycles. The minimum Gasteiger partial charge on any atom is -0.507 e. The van der Waals surface area contributed by atoms with E-state index in [2.05, 4.69) is 4.98 Å². The molecule has 0 amide bonds. The fraction of sp³-hybridized carbons (Fsp3) is 0.324. The molecule has 46 heavy (non-hydrogen) atoms. The highest BCUT2D eigenvalue weighted by atomic mass is 16.7. The van der Waals surface area contributed by atoms with E-state index in [0.29, 0.717) is 5.69 Å². The van der Waals surface area contributed by atoms with Gasteiger partial charge >= 0.3 is 5.97 Å². The summed E-state index contributed by atoms with van der Waals surface area (Å²) >= 11 is 0. The molecule has 0 fully saturated rings. The highest BCUT2D eigenvalue weighted by Crippen LogP contribution is 2.61. The smallest absolute Gasteiger partial charge is 0.331 e. The summed E-state index contributed by atoms with van der Waals surface area (Å²) in [5.74, 6) is -6.31. The number of aromatic hydroxyl groups is 1. The van der Waals surface area contributed by atoms with E-state index < -0.39 is 81.5 Å². The number of aryl methyl sites for hydroxylation is 1. The summed E-state index contributed by atoms with van der Waals surface area (Å²) in [4.78, 5) is 69.9. The third-order valence-corrected chi connectivity index (χ3v) is 9.16. The lowest BCUT2D eigenvalue weighted by atomic mass is 9.60. The molecule has 1 unspecified atom stereocenters. The maximum Gasteiger partial charge on any atom is 0.331 e. The average Bonchev–Trinajstić information content (AvgIpc) is 3.02. The molecule has 12 heteroatoms. The Morgan fingerprint density at radius 3 is 2.65 bits per heavy atom. The third kappa shape index (κ3) is 4.17. The van der Waals surface area contributed by atoms with Crippen molar-refractivity contribution in [3.05, 3.63) is 98.5 Å². The van der Waals surface area contributed by atoms with Crippen molar-refractivity contribution in [1.29, 1.82) is 0 Å². The van der Waals surface area contributed by atoms with Crippen molar-refractivity contribution < 1.29 is 48.3 Å². The molecule has 1 aromatic carbocycles.